The minimum Gasteiger partial charge on any atom is -0.404 e. The van der Waals surface area contributed by atoms with Crippen molar-refractivity contribution >= 4 is 18.1 Å². The van der Waals surface area contributed by atoms with E-state index in [4.69, 9.17) is 5.73 Å². The highest BCUT2D eigenvalue weighted by atomic mass is 35.5. The summed E-state index contributed by atoms with van der Waals surface area (Å²) in [6, 6.07) is 4.22. The molecule has 2 N–H and O–H groups in total. The summed E-state index contributed by atoms with van der Waals surface area (Å²) in [7, 11) is 0. The number of nitrogens with two attached hydrogens (primary N) is 1. The van der Waals surface area contributed by atoms with Crippen LogP contribution in [-0.2, 0) is 0 Å². The van der Waals surface area contributed by atoms with Gasteiger partial charge < -0.3 is 10.5 Å². The lowest BCUT2D eigenvalue weighted by atomic mass is 10.2. The standard InChI is InChI=1S/C8H8F3NO.ClH/c1-5-2-3-6(12)7(4-5)13-8(9,10)11;/h2-4H,12H2,1H3;1H. The molecule has 0 heterocycles. The van der Waals surface area contributed by atoms with Gasteiger partial charge >= 0.3 is 6.36 Å². The van der Waals surface area contributed by atoms with Crippen LogP contribution in [0.3, 0.4) is 0 Å². The fourth-order valence-electron chi connectivity index (χ4n) is 0.855. The van der Waals surface area contributed by atoms with Crippen molar-refractivity contribution in [2.75, 3.05) is 5.73 Å². The Morgan fingerprint density at radius 3 is 2.36 bits per heavy atom. The summed E-state index contributed by atoms with van der Waals surface area (Å²) in [6.07, 6.45) is -4.69. The quantitative estimate of drug-likeness (QED) is 0.749. The van der Waals surface area contributed by atoms with E-state index in [0.29, 0.717) is 5.56 Å². The smallest absolute Gasteiger partial charge is 0.404 e. The molecule has 6 heteroatoms. The molecule has 0 fully saturated rings. The lowest BCUT2D eigenvalue weighted by Gasteiger charge is -2.11. The number of nitrogen functional groups attached to an aromatic ring is 1. The molecular weight excluding hydrogens is 219 g/mol. The molecule has 0 aliphatic rings. The Labute approximate surface area is 85.3 Å². The fraction of sp³-hybridized carbons (Fsp3) is 0.250. The summed E-state index contributed by atoms with van der Waals surface area (Å²) in [5.41, 5.74) is 5.91. The second-order valence-electron chi connectivity index (χ2n) is 2.59. The second kappa shape index (κ2) is 4.41. The minimum atomic E-state index is -4.69. The van der Waals surface area contributed by atoms with Gasteiger partial charge in [-0.25, -0.2) is 0 Å². The van der Waals surface area contributed by atoms with Crippen LogP contribution in [0.15, 0.2) is 18.2 Å². The summed E-state index contributed by atoms with van der Waals surface area (Å²) in [4.78, 5) is 0. The Hall–Kier alpha value is -1.10. The number of rotatable bonds is 1. The maximum absolute atomic E-state index is 11.8. The van der Waals surface area contributed by atoms with Crippen LogP contribution in [0.1, 0.15) is 5.56 Å². The monoisotopic (exact) mass is 227 g/mol. The maximum atomic E-state index is 11.8. The van der Waals surface area contributed by atoms with E-state index < -0.39 is 6.36 Å². The molecule has 1 aromatic rings. The lowest BCUT2D eigenvalue weighted by molar-refractivity contribution is -0.274. The molecule has 0 aliphatic heterocycles. The summed E-state index contributed by atoms with van der Waals surface area (Å²) in [5, 5.41) is 0. The highest BCUT2D eigenvalue weighted by Gasteiger charge is 2.31. The molecule has 80 valence electrons. The normalized spacial score (nSPS) is 10.6. The van der Waals surface area contributed by atoms with Crippen LogP contribution in [0.5, 0.6) is 5.75 Å². The maximum Gasteiger partial charge on any atom is 0.573 e. The van der Waals surface area contributed by atoms with Crippen LogP contribution in [0, 0.1) is 6.92 Å². The number of hydrogen-bond acceptors (Lipinski definition) is 2. The van der Waals surface area contributed by atoms with E-state index in [-0.39, 0.29) is 23.8 Å². The minimum absolute atomic E-state index is 0. The molecule has 0 unspecified atom stereocenters. The van der Waals surface area contributed by atoms with Crippen molar-refractivity contribution in [1.29, 1.82) is 0 Å². The highest BCUT2D eigenvalue weighted by Crippen LogP contribution is 2.28. The van der Waals surface area contributed by atoms with Crippen molar-refractivity contribution in [1.82, 2.24) is 0 Å². The Bertz CT molecular complexity index is 314. The Morgan fingerprint density at radius 2 is 1.86 bits per heavy atom. The van der Waals surface area contributed by atoms with Crippen molar-refractivity contribution in [2.45, 2.75) is 13.3 Å². The van der Waals surface area contributed by atoms with Crippen molar-refractivity contribution in [2.24, 2.45) is 0 Å². The topological polar surface area (TPSA) is 35.2 Å². The third-order valence-corrected chi connectivity index (χ3v) is 1.39. The van der Waals surface area contributed by atoms with Gasteiger partial charge in [0.1, 0.15) is 0 Å². The number of ether oxygens (including phenoxy) is 1. The highest BCUT2D eigenvalue weighted by molar-refractivity contribution is 5.85. The van der Waals surface area contributed by atoms with Gasteiger partial charge in [-0.3, -0.25) is 0 Å². The van der Waals surface area contributed by atoms with E-state index in [9.17, 15) is 13.2 Å². The molecule has 14 heavy (non-hydrogen) atoms. The van der Waals surface area contributed by atoms with Crippen LogP contribution in [0.2, 0.25) is 0 Å². The van der Waals surface area contributed by atoms with E-state index in [1.165, 1.54) is 12.1 Å². The molecule has 2 nitrogen and oxygen atoms in total. The number of benzene rings is 1. The molecule has 0 aromatic heterocycles. The van der Waals surface area contributed by atoms with E-state index in [1.54, 1.807) is 13.0 Å². The van der Waals surface area contributed by atoms with E-state index >= 15 is 0 Å². The molecule has 0 atom stereocenters. The SMILES string of the molecule is Cc1ccc(N)c(OC(F)(F)F)c1.Cl. The number of anilines is 1. The number of alkyl halides is 3. The van der Waals surface area contributed by atoms with Crippen LogP contribution in [0.4, 0.5) is 18.9 Å². The molecule has 0 aliphatic carbocycles. The third-order valence-electron chi connectivity index (χ3n) is 1.39. The number of hydrogen-bond donors (Lipinski definition) is 1. The fourth-order valence-corrected chi connectivity index (χ4v) is 0.855. The average molecular weight is 228 g/mol. The summed E-state index contributed by atoms with van der Waals surface area (Å²) in [6.45, 7) is 1.66. The zero-order chi connectivity index (χ0) is 10.1. The number of aryl methyl sites for hydroxylation is 1. The van der Waals surface area contributed by atoms with Gasteiger partial charge in [0.05, 0.1) is 5.69 Å². The predicted molar refractivity (Wildman–Crippen MR) is 49.5 cm³/mol. The molecule has 0 amide bonds. The van der Waals surface area contributed by atoms with E-state index in [2.05, 4.69) is 4.74 Å². The van der Waals surface area contributed by atoms with Gasteiger partial charge in [0.25, 0.3) is 0 Å². The molecular formula is C8H9ClF3NO. The molecule has 1 aromatic carbocycles. The molecule has 0 saturated carbocycles. The molecule has 1 rings (SSSR count). The first-order chi connectivity index (χ1) is 5.88. The van der Waals surface area contributed by atoms with Crippen molar-refractivity contribution in [3.8, 4) is 5.75 Å². The van der Waals surface area contributed by atoms with Gasteiger partial charge in [0.15, 0.2) is 5.75 Å². The molecule has 0 spiro atoms. The van der Waals surface area contributed by atoms with Crippen LogP contribution < -0.4 is 10.5 Å². The summed E-state index contributed by atoms with van der Waals surface area (Å²) >= 11 is 0. The van der Waals surface area contributed by atoms with Crippen molar-refractivity contribution < 1.29 is 17.9 Å². The molecule has 0 bridgehead atoms. The first-order valence-electron chi connectivity index (χ1n) is 3.50. The van der Waals surface area contributed by atoms with E-state index in [1.807, 2.05) is 0 Å². The van der Waals surface area contributed by atoms with Gasteiger partial charge in [0.2, 0.25) is 0 Å². The predicted octanol–water partition coefficient (Wildman–Crippen LogP) is 2.90. The third kappa shape index (κ3) is 3.74. The second-order valence-corrected chi connectivity index (χ2v) is 2.59. The van der Waals surface area contributed by atoms with Crippen LogP contribution >= 0.6 is 12.4 Å². The van der Waals surface area contributed by atoms with Gasteiger partial charge in [-0.15, -0.1) is 25.6 Å². The van der Waals surface area contributed by atoms with Crippen LogP contribution in [0.25, 0.3) is 0 Å². The van der Waals surface area contributed by atoms with Crippen LogP contribution in [-0.4, -0.2) is 6.36 Å². The summed E-state index contributed by atoms with van der Waals surface area (Å²) < 4.78 is 39.0. The largest absolute Gasteiger partial charge is 0.573 e. The summed E-state index contributed by atoms with van der Waals surface area (Å²) in [5.74, 6) is -0.354. The zero-order valence-electron chi connectivity index (χ0n) is 7.26. The van der Waals surface area contributed by atoms with Gasteiger partial charge in [-0.2, -0.15) is 0 Å². The lowest BCUT2D eigenvalue weighted by Crippen LogP contribution is -2.18. The molecule has 0 saturated heterocycles. The Balaban J connectivity index is 0.00000169. The Kier molecular flexibility index (Phi) is 4.07. The van der Waals surface area contributed by atoms with Gasteiger partial charge in [-0.1, -0.05) is 6.07 Å². The number of halogens is 4. The van der Waals surface area contributed by atoms with Gasteiger partial charge in [-0.05, 0) is 24.6 Å². The first kappa shape index (κ1) is 12.9. The van der Waals surface area contributed by atoms with Crippen molar-refractivity contribution in [3.63, 3.8) is 0 Å². The van der Waals surface area contributed by atoms with Gasteiger partial charge in [0, 0.05) is 0 Å². The average Bonchev–Trinajstić information content (AvgIpc) is 1.94. The van der Waals surface area contributed by atoms with Crippen molar-refractivity contribution in [3.05, 3.63) is 23.8 Å². The Morgan fingerprint density at radius 1 is 1.29 bits per heavy atom. The first-order valence-corrected chi connectivity index (χ1v) is 3.50. The molecule has 0 radical (unpaired) electrons. The van der Waals surface area contributed by atoms with E-state index in [0.717, 1.165) is 0 Å². The zero-order valence-corrected chi connectivity index (χ0v) is 8.08.